The van der Waals surface area contributed by atoms with Crippen LogP contribution in [-0.2, 0) is 14.2 Å². The second-order valence-electron chi connectivity index (χ2n) is 6.15. The number of aliphatic hydroxyl groups is 1. The first-order valence-electron chi connectivity index (χ1n) is 9.24. The summed E-state index contributed by atoms with van der Waals surface area (Å²) in [6, 6.07) is 10.1. The van der Waals surface area contributed by atoms with Crippen molar-refractivity contribution in [3.8, 4) is 0 Å². The lowest BCUT2D eigenvalue weighted by Gasteiger charge is -2.33. The fourth-order valence-electron chi connectivity index (χ4n) is 3.02. The van der Waals surface area contributed by atoms with E-state index in [1.807, 2.05) is 32.0 Å². The summed E-state index contributed by atoms with van der Waals surface area (Å²) in [5, 5.41) is 10.6. The lowest BCUT2D eigenvalue weighted by Crippen LogP contribution is -2.46. The minimum absolute atomic E-state index is 0.300. The molecular formula is C19H32N2O4. The summed E-state index contributed by atoms with van der Waals surface area (Å²) in [6.07, 6.45) is -0.743. The van der Waals surface area contributed by atoms with E-state index in [1.54, 1.807) is 0 Å². The smallest absolute Gasteiger partial charge is 0.174 e. The van der Waals surface area contributed by atoms with Gasteiger partial charge in [-0.1, -0.05) is 18.2 Å². The van der Waals surface area contributed by atoms with Crippen LogP contribution in [0.2, 0.25) is 0 Å². The van der Waals surface area contributed by atoms with Gasteiger partial charge in [0.15, 0.2) is 6.29 Å². The number of morpholine rings is 1. The van der Waals surface area contributed by atoms with Gasteiger partial charge in [0.25, 0.3) is 0 Å². The first kappa shape index (κ1) is 20.1. The minimum Gasteiger partial charge on any atom is -0.390 e. The van der Waals surface area contributed by atoms with E-state index in [0.717, 1.165) is 32.0 Å². The van der Waals surface area contributed by atoms with Crippen molar-refractivity contribution in [2.24, 2.45) is 0 Å². The first-order valence-corrected chi connectivity index (χ1v) is 9.24. The Balaban J connectivity index is 1.97. The van der Waals surface area contributed by atoms with Gasteiger partial charge < -0.3 is 24.2 Å². The normalized spacial score (nSPS) is 17.0. The Kier molecular flexibility index (Phi) is 9.21. The van der Waals surface area contributed by atoms with Crippen LogP contribution in [0.15, 0.2) is 30.3 Å². The van der Waals surface area contributed by atoms with E-state index >= 15 is 0 Å². The van der Waals surface area contributed by atoms with Crippen LogP contribution >= 0.6 is 0 Å². The molecule has 1 aliphatic rings. The Morgan fingerprint density at radius 2 is 1.72 bits per heavy atom. The topological polar surface area (TPSA) is 54.4 Å². The summed E-state index contributed by atoms with van der Waals surface area (Å²) < 4.78 is 16.8. The fraction of sp³-hybridized carbons (Fsp3) is 0.684. The van der Waals surface area contributed by atoms with Gasteiger partial charge in [-0.2, -0.15) is 0 Å². The second-order valence-corrected chi connectivity index (χ2v) is 6.15. The van der Waals surface area contributed by atoms with Crippen molar-refractivity contribution in [3.05, 3.63) is 30.3 Å². The van der Waals surface area contributed by atoms with Crippen molar-refractivity contribution >= 4 is 5.69 Å². The molecule has 0 spiro atoms. The molecule has 1 unspecified atom stereocenters. The predicted molar refractivity (Wildman–Crippen MR) is 99.0 cm³/mol. The van der Waals surface area contributed by atoms with Crippen LogP contribution in [-0.4, -0.2) is 81.6 Å². The molecule has 0 saturated carbocycles. The van der Waals surface area contributed by atoms with Gasteiger partial charge in [-0.05, 0) is 26.0 Å². The third-order valence-electron chi connectivity index (χ3n) is 4.20. The van der Waals surface area contributed by atoms with Crippen LogP contribution in [0, 0.1) is 0 Å². The number of hydrogen-bond acceptors (Lipinski definition) is 6. The molecule has 1 aliphatic heterocycles. The maximum absolute atomic E-state index is 10.6. The number of ether oxygens (including phenoxy) is 3. The number of para-hydroxylation sites is 1. The molecule has 1 N–H and O–H groups in total. The van der Waals surface area contributed by atoms with Gasteiger partial charge >= 0.3 is 0 Å². The molecule has 0 bridgehead atoms. The highest BCUT2D eigenvalue weighted by Gasteiger charge is 2.21. The molecule has 1 heterocycles. The van der Waals surface area contributed by atoms with Crippen LogP contribution in [0.1, 0.15) is 13.8 Å². The molecule has 6 nitrogen and oxygen atoms in total. The van der Waals surface area contributed by atoms with Crippen molar-refractivity contribution in [1.82, 2.24) is 4.90 Å². The van der Waals surface area contributed by atoms with E-state index in [1.165, 1.54) is 0 Å². The third-order valence-corrected chi connectivity index (χ3v) is 4.20. The van der Waals surface area contributed by atoms with Gasteiger partial charge in [0.05, 0.1) is 25.9 Å². The molecule has 0 amide bonds. The number of benzene rings is 1. The number of β-amino-alcohol motifs (C(OH)–C–C–N with tert-alkyl or cyclic N) is 1. The van der Waals surface area contributed by atoms with E-state index < -0.39 is 6.10 Å². The maximum Gasteiger partial charge on any atom is 0.174 e. The van der Waals surface area contributed by atoms with E-state index in [4.69, 9.17) is 14.2 Å². The zero-order valence-electron chi connectivity index (χ0n) is 15.5. The Bertz CT molecular complexity index is 448. The molecule has 0 aliphatic carbocycles. The van der Waals surface area contributed by atoms with Gasteiger partial charge in [-0.3, -0.25) is 4.90 Å². The molecule has 6 heteroatoms. The Morgan fingerprint density at radius 3 is 2.32 bits per heavy atom. The average Bonchev–Trinajstić information content (AvgIpc) is 2.63. The maximum atomic E-state index is 10.6. The van der Waals surface area contributed by atoms with Gasteiger partial charge in [0.1, 0.15) is 0 Å². The predicted octanol–water partition coefficient (Wildman–Crippen LogP) is 1.59. The summed E-state index contributed by atoms with van der Waals surface area (Å²) in [6.45, 7) is 10.2. The van der Waals surface area contributed by atoms with Gasteiger partial charge in [0, 0.05) is 45.1 Å². The lowest BCUT2D eigenvalue weighted by molar-refractivity contribution is -0.129. The van der Waals surface area contributed by atoms with Crippen LogP contribution in [0.3, 0.4) is 0 Å². The van der Waals surface area contributed by atoms with Crippen molar-refractivity contribution in [2.45, 2.75) is 26.2 Å². The van der Waals surface area contributed by atoms with Crippen LogP contribution < -0.4 is 4.90 Å². The summed E-state index contributed by atoms with van der Waals surface area (Å²) in [7, 11) is 0. The highest BCUT2D eigenvalue weighted by Crippen LogP contribution is 2.16. The number of anilines is 1. The van der Waals surface area contributed by atoms with Gasteiger partial charge in [0.2, 0.25) is 0 Å². The highest BCUT2D eigenvalue weighted by atomic mass is 16.7. The molecular weight excluding hydrogens is 320 g/mol. The molecule has 1 aromatic carbocycles. The highest BCUT2D eigenvalue weighted by molar-refractivity contribution is 5.46. The van der Waals surface area contributed by atoms with Crippen molar-refractivity contribution in [2.75, 3.05) is 64.1 Å². The molecule has 1 fully saturated rings. The molecule has 1 aromatic rings. The monoisotopic (exact) mass is 352 g/mol. The molecule has 0 aromatic heterocycles. The largest absolute Gasteiger partial charge is 0.390 e. The van der Waals surface area contributed by atoms with Crippen LogP contribution in [0.4, 0.5) is 5.69 Å². The van der Waals surface area contributed by atoms with E-state index in [0.29, 0.717) is 32.8 Å². The van der Waals surface area contributed by atoms with Crippen molar-refractivity contribution < 1.29 is 19.3 Å². The van der Waals surface area contributed by atoms with E-state index in [2.05, 4.69) is 21.9 Å². The molecule has 142 valence electrons. The van der Waals surface area contributed by atoms with Gasteiger partial charge in [-0.25, -0.2) is 0 Å². The standard InChI is InChI=1S/C19H32N2O4/c1-3-24-19(25-4-2)16-21(17-8-6-5-7-9-17)15-18(22)14-20-10-12-23-13-11-20/h5-9,18-19,22H,3-4,10-16H2,1-2H3. The van der Waals surface area contributed by atoms with Gasteiger partial charge in [-0.15, -0.1) is 0 Å². The minimum atomic E-state index is -0.442. The second kappa shape index (κ2) is 11.4. The third kappa shape index (κ3) is 7.30. The van der Waals surface area contributed by atoms with E-state index in [9.17, 15) is 5.11 Å². The van der Waals surface area contributed by atoms with E-state index in [-0.39, 0.29) is 6.29 Å². The first-order chi connectivity index (χ1) is 12.2. The summed E-state index contributed by atoms with van der Waals surface area (Å²) in [5.74, 6) is 0. The van der Waals surface area contributed by atoms with Crippen molar-refractivity contribution in [1.29, 1.82) is 0 Å². The van der Waals surface area contributed by atoms with Crippen LogP contribution in [0.5, 0.6) is 0 Å². The Morgan fingerprint density at radius 1 is 1.08 bits per heavy atom. The average molecular weight is 352 g/mol. The zero-order valence-corrected chi connectivity index (χ0v) is 15.5. The number of hydrogen-bond donors (Lipinski definition) is 1. The molecule has 0 radical (unpaired) electrons. The zero-order chi connectivity index (χ0) is 17.9. The number of rotatable bonds is 11. The Hall–Kier alpha value is -1.18. The van der Waals surface area contributed by atoms with Crippen molar-refractivity contribution in [3.63, 3.8) is 0 Å². The quantitative estimate of drug-likeness (QED) is 0.611. The lowest BCUT2D eigenvalue weighted by atomic mass is 10.2. The SMILES string of the molecule is CCOC(CN(CC(O)CN1CCOCC1)c1ccccc1)OCC. The summed E-state index contributed by atoms with van der Waals surface area (Å²) >= 11 is 0. The summed E-state index contributed by atoms with van der Waals surface area (Å²) in [5.41, 5.74) is 1.06. The molecule has 25 heavy (non-hydrogen) atoms. The molecule has 1 saturated heterocycles. The number of aliphatic hydroxyl groups excluding tert-OH is 1. The Labute approximate surface area is 151 Å². The molecule has 1 atom stereocenters. The van der Waals surface area contributed by atoms with Crippen LogP contribution in [0.25, 0.3) is 0 Å². The summed E-state index contributed by atoms with van der Waals surface area (Å²) in [4.78, 5) is 4.39. The fourth-order valence-corrected chi connectivity index (χ4v) is 3.02. The number of nitrogens with zero attached hydrogens (tertiary/aromatic N) is 2. The molecule has 2 rings (SSSR count).